The summed E-state index contributed by atoms with van der Waals surface area (Å²) >= 11 is 4.27. The van der Waals surface area contributed by atoms with E-state index < -0.39 is 17.6 Å². The number of nitrogens with one attached hydrogen (secondary N) is 1. The summed E-state index contributed by atoms with van der Waals surface area (Å²) in [5.41, 5.74) is 1.96. The molecule has 0 aliphatic heterocycles. The van der Waals surface area contributed by atoms with Gasteiger partial charge in [0.05, 0.1) is 25.5 Å². The number of alkyl halides is 3. The van der Waals surface area contributed by atoms with Crippen molar-refractivity contribution in [1.82, 2.24) is 5.43 Å². The molecule has 0 aliphatic rings. The number of rotatable bonds is 5. The van der Waals surface area contributed by atoms with Crippen molar-refractivity contribution >= 4 is 57.3 Å². The number of carbonyl (C=O) groups is 1. The fourth-order valence-electron chi connectivity index (χ4n) is 2.00. The summed E-state index contributed by atoms with van der Waals surface area (Å²) in [5, 5.41) is 3.81. The zero-order chi connectivity index (χ0) is 19.3. The summed E-state index contributed by atoms with van der Waals surface area (Å²) in [6.45, 7) is 2.44. The van der Waals surface area contributed by atoms with Gasteiger partial charge in [0.15, 0.2) is 0 Å². The molecule has 2 aromatic carbocycles. The molecule has 1 amide bonds. The van der Waals surface area contributed by atoms with Crippen molar-refractivity contribution in [1.29, 1.82) is 0 Å². The lowest BCUT2D eigenvalue weighted by molar-refractivity contribution is -0.137. The van der Waals surface area contributed by atoms with E-state index in [2.05, 4.69) is 55.7 Å². The van der Waals surface area contributed by atoms with Crippen LogP contribution in [0.15, 0.2) is 41.5 Å². The van der Waals surface area contributed by atoms with Crippen molar-refractivity contribution < 1.29 is 22.7 Å². The predicted octanol–water partition coefficient (Wildman–Crippen LogP) is 5.08. The topological polar surface area (TPSA) is 50.7 Å². The Kier molecular flexibility index (Phi) is 7.26. The first kappa shape index (κ1) is 20.9. The first-order valence-electron chi connectivity index (χ1n) is 7.35. The van der Waals surface area contributed by atoms with Crippen LogP contribution in [0.1, 0.15) is 28.4 Å². The number of nitrogens with zero attached hydrogens (tertiary/aromatic N) is 1. The zero-order valence-corrected chi connectivity index (χ0v) is 17.7. The monoisotopic (exact) mass is 588 g/mol. The Morgan fingerprint density at radius 2 is 1.88 bits per heavy atom. The maximum atomic E-state index is 12.7. The van der Waals surface area contributed by atoms with E-state index in [0.717, 1.165) is 30.6 Å². The molecule has 0 saturated heterocycles. The summed E-state index contributed by atoms with van der Waals surface area (Å²) < 4.78 is 45.4. The fraction of sp³-hybridized carbons (Fsp3) is 0.176. The van der Waals surface area contributed by atoms with Crippen LogP contribution in [0.5, 0.6) is 5.75 Å². The average Bonchev–Trinajstić information content (AvgIpc) is 2.57. The lowest BCUT2D eigenvalue weighted by atomic mass is 10.1. The number of halogens is 5. The van der Waals surface area contributed by atoms with Gasteiger partial charge in [-0.1, -0.05) is 6.07 Å². The first-order valence-corrected chi connectivity index (χ1v) is 9.50. The molecular weight excluding hydrogens is 575 g/mol. The quantitative estimate of drug-likeness (QED) is 0.301. The van der Waals surface area contributed by atoms with Crippen LogP contribution in [0.25, 0.3) is 0 Å². The highest BCUT2D eigenvalue weighted by atomic mass is 127. The highest BCUT2D eigenvalue weighted by molar-refractivity contribution is 14.1. The molecule has 26 heavy (non-hydrogen) atoms. The molecule has 0 heterocycles. The zero-order valence-electron chi connectivity index (χ0n) is 13.4. The second kappa shape index (κ2) is 9.02. The number of hydrazone groups is 1. The van der Waals surface area contributed by atoms with Gasteiger partial charge in [-0.2, -0.15) is 18.3 Å². The SMILES string of the molecule is CCOc1c(I)cc(/C=N\NC(=O)c2cccc(C(F)(F)F)c2)cc1I. The van der Waals surface area contributed by atoms with Crippen LogP contribution in [0.2, 0.25) is 0 Å². The highest BCUT2D eigenvalue weighted by Gasteiger charge is 2.30. The lowest BCUT2D eigenvalue weighted by Crippen LogP contribution is -2.18. The van der Waals surface area contributed by atoms with Gasteiger partial charge in [0, 0.05) is 5.56 Å². The van der Waals surface area contributed by atoms with Crippen LogP contribution in [-0.2, 0) is 6.18 Å². The molecule has 0 fully saturated rings. The summed E-state index contributed by atoms with van der Waals surface area (Å²) in [6.07, 6.45) is -3.08. The lowest BCUT2D eigenvalue weighted by Gasteiger charge is -2.09. The van der Waals surface area contributed by atoms with Crippen molar-refractivity contribution in [3.05, 3.63) is 60.2 Å². The van der Waals surface area contributed by atoms with Crippen LogP contribution in [0, 0.1) is 7.14 Å². The third-order valence-electron chi connectivity index (χ3n) is 3.14. The molecule has 0 atom stereocenters. The van der Waals surface area contributed by atoms with Crippen LogP contribution >= 0.6 is 45.2 Å². The minimum absolute atomic E-state index is 0.118. The Morgan fingerprint density at radius 1 is 1.23 bits per heavy atom. The van der Waals surface area contributed by atoms with Gasteiger partial charge in [-0.15, -0.1) is 0 Å². The smallest absolute Gasteiger partial charge is 0.416 e. The van der Waals surface area contributed by atoms with E-state index in [1.807, 2.05) is 19.1 Å². The van der Waals surface area contributed by atoms with E-state index in [9.17, 15) is 18.0 Å². The molecular formula is C17H13F3I2N2O2. The van der Waals surface area contributed by atoms with Crippen LogP contribution in [-0.4, -0.2) is 18.7 Å². The number of benzene rings is 2. The maximum Gasteiger partial charge on any atom is 0.416 e. The Balaban J connectivity index is 2.10. The van der Waals surface area contributed by atoms with Crippen molar-refractivity contribution in [2.45, 2.75) is 13.1 Å². The standard InChI is InChI=1S/C17H13F3I2N2O2/c1-2-26-15-13(21)6-10(7-14(15)22)9-23-24-16(25)11-4-3-5-12(8-11)17(18,19)20/h3-9H,2H2,1H3,(H,24,25)/b23-9-. The Morgan fingerprint density at radius 3 is 2.46 bits per heavy atom. The number of amides is 1. The Bertz CT molecular complexity index is 816. The van der Waals surface area contributed by atoms with Gasteiger partial charge in [-0.3, -0.25) is 4.79 Å². The average molecular weight is 588 g/mol. The van der Waals surface area contributed by atoms with Crippen molar-refractivity contribution in [3.63, 3.8) is 0 Å². The van der Waals surface area contributed by atoms with E-state index in [0.29, 0.717) is 6.61 Å². The van der Waals surface area contributed by atoms with Gasteiger partial charge < -0.3 is 4.74 Å². The minimum atomic E-state index is -4.50. The van der Waals surface area contributed by atoms with Crippen molar-refractivity contribution in [3.8, 4) is 5.75 Å². The number of ether oxygens (including phenoxy) is 1. The van der Waals surface area contributed by atoms with E-state index >= 15 is 0 Å². The second-order valence-corrected chi connectivity index (χ2v) is 7.35. The molecule has 0 bridgehead atoms. The fourth-order valence-corrected chi connectivity index (χ4v) is 4.13. The molecule has 1 N–H and O–H groups in total. The van der Waals surface area contributed by atoms with Gasteiger partial charge >= 0.3 is 6.18 Å². The molecule has 4 nitrogen and oxygen atoms in total. The molecule has 0 aromatic heterocycles. The molecule has 0 unspecified atom stereocenters. The summed E-state index contributed by atoms with van der Waals surface area (Å²) in [7, 11) is 0. The van der Waals surface area contributed by atoms with Crippen molar-refractivity contribution in [2.24, 2.45) is 5.10 Å². The minimum Gasteiger partial charge on any atom is -0.492 e. The molecule has 0 spiro atoms. The van der Waals surface area contributed by atoms with Gasteiger partial charge in [-0.05, 0) is 88.0 Å². The largest absolute Gasteiger partial charge is 0.492 e. The number of hydrogen-bond acceptors (Lipinski definition) is 3. The van der Waals surface area contributed by atoms with Crippen LogP contribution < -0.4 is 10.2 Å². The van der Waals surface area contributed by atoms with E-state index in [1.54, 1.807) is 0 Å². The summed E-state index contributed by atoms with van der Waals surface area (Å²) in [6, 6.07) is 7.82. The highest BCUT2D eigenvalue weighted by Crippen LogP contribution is 2.30. The second-order valence-electron chi connectivity index (χ2n) is 5.02. The van der Waals surface area contributed by atoms with Gasteiger partial charge in [0.2, 0.25) is 0 Å². The maximum absolute atomic E-state index is 12.7. The van der Waals surface area contributed by atoms with Gasteiger partial charge in [-0.25, -0.2) is 5.43 Å². The molecule has 0 saturated carbocycles. The van der Waals surface area contributed by atoms with Crippen LogP contribution in [0.4, 0.5) is 13.2 Å². The van der Waals surface area contributed by atoms with E-state index in [4.69, 9.17) is 4.74 Å². The van der Waals surface area contributed by atoms with Crippen molar-refractivity contribution in [2.75, 3.05) is 6.61 Å². The molecule has 2 rings (SSSR count). The van der Waals surface area contributed by atoms with Gasteiger partial charge in [0.25, 0.3) is 5.91 Å². The molecule has 138 valence electrons. The molecule has 0 radical (unpaired) electrons. The van der Waals surface area contributed by atoms with E-state index in [-0.39, 0.29) is 5.56 Å². The third kappa shape index (κ3) is 5.56. The third-order valence-corrected chi connectivity index (χ3v) is 4.74. The van der Waals surface area contributed by atoms with Crippen LogP contribution in [0.3, 0.4) is 0 Å². The van der Waals surface area contributed by atoms with Gasteiger partial charge in [0.1, 0.15) is 5.75 Å². The summed E-state index contributed by atoms with van der Waals surface area (Å²) in [5.74, 6) is 0.0570. The molecule has 9 heteroatoms. The number of hydrogen-bond donors (Lipinski definition) is 1. The molecule has 0 aliphatic carbocycles. The Hall–Kier alpha value is -1.37. The van der Waals surface area contributed by atoms with E-state index in [1.165, 1.54) is 18.3 Å². The first-order chi connectivity index (χ1) is 12.2. The predicted molar refractivity (Wildman–Crippen MR) is 110 cm³/mol. The number of carbonyl (C=O) groups excluding carboxylic acids is 1. The Labute approximate surface area is 175 Å². The molecule has 2 aromatic rings. The normalized spacial score (nSPS) is 11.6. The summed E-state index contributed by atoms with van der Waals surface area (Å²) in [4.78, 5) is 12.0.